The molecule has 0 unspecified atom stereocenters. The third-order valence-electron chi connectivity index (χ3n) is 4.16. The predicted molar refractivity (Wildman–Crippen MR) is 103 cm³/mol. The SMILES string of the molecule is Cc1nc(NC(N)=NCCCN2CCCC2)nc(-c2ccoc2)c1Br. The molecule has 0 radical (unpaired) electrons. The third-order valence-corrected chi connectivity index (χ3v) is 5.11. The molecule has 0 aliphatic carbocycles. The van der Waals surface area contributed by atoms with Crippen LogP contribution in [0.3, 0.4) is 0 Å². The summed E-state index contributed by atoms with van der Waals surface area (Å²) in [5.74, 6) is 0.763. The summed E-state index contributed by atoms with van der Waals surface area (Å²) in [5, 5.41) is 2.98. The van der Waals surface area contributed by atoms with E-state index in [1.54, 1.807) is 12.5 Å². The first kappa shape index (κ1) is 17.9. The van der Waals surface area contributed by atoms with Crippen LogP contribution >= 0.6 is 15.9 Å². The average molecular weight is 407 g/mol. The van der Waals surface area contributed by atoms with Crippen molar-refractivity contribution in [3.05, 3.63) is 28.8 Å². The van der Waals surface area contributed by atoms with E-state index in [0.717, 1.165) is 34.4 Å². The average Bonchev–Trinajstić information content (AvgIpc) is 3.28. The predicted octanol–water partition coefficient (Wildman–Crippen LogP) is 3.02. The van der Waals surface area contributed by atoms with Crippen LogP contribution in [-0.2, 0) is 0 Å². The molecule has 134 valence electrons. The molecule has 8 heteroatoms. The van der Waals surface area contributed by atoms with Gasteiger partial charge in [-0.1, -0.05) is 0 Å². The summed E-state index contributed by atoms with van der Waals surface area (Å²) in [6.07, 6.45) is 6.88. The van der Waals surface area contributed by atoms with Gasteiger partial charge >= 0.3 is 0 Å². The smallest absolute Gasteiger partial charge is 0.230 e. The molecular weight excluding hydrogens is 384 g/mol. The van der Waals surface area contributed by atoms with Crippen molar-refractivity contribution in [1.29, 1.82) is 0 Å². The second-order valence-electron chi connectivity index (χ2n) is 6.10. The van der Waals surface area contributed by atoms with Gasteiger partial charge in [0.1, 0.15) is 0 Å². The van der Waals surface area contributed by atoms with E-state index in [4.69, 9.17) is 10.2 Å². The fraction of sp³-hybridized carbons (Fsp3) is 0.471. The number of aryl methyl sites for hydroxylation is 1. The maximum atomic E-state index is 5.97. The largest absolute Gasteiger partial charge is 0.472 e. The Morgan fingerprint density at radius 1 is 1.40 bits per heavy atom. The third kappa shape index (κ3) is 4.79. The second kappa shape index (κ2) is 8.44. The Labute approximate surface area is 155 Å². The van der Waals surface area contributed by atoms with Gasteiger partial charge in [0, 0.05) is 12.1 Å². The van der Waals surface area contributed by atoms with Crippen LogP contribution < -0.4 is 11.1 Å². The monoisotopic (exact) mass is 406 g/mol. The van der Waals surface area contributed by atoms with E-state index in [-0.39, 0.29) is 0 Å². The fourth-order valence-corrected chi connectivity index (χ4v) is 3.27. The quantitative estimate of drug-likeness (QED) is 0.435. The zero-order chi connectivity index (χ0) is 17.6. The molecule has 0 bridgehead atoms. The fourth-order valence-electron chi connectivity index (χ4n) is 2.86. The molecule has 1 saturated heterocycles. The number of aromatic nitrogens is 2. The Bertz CT molecular complexity index is 725. The van der Waals surface area contributed by atoms with Gasteiger partial charge in [-0.05, 0) is 67.8 Å². The van der Waals surface area contributed by atoms with E-state index in [1.807, 2.05) is 13.0 Å². The van der Waals surface area contributed by atoms with E-state index >= 15 is 0 Å². The van der Waals surface area contributed by atoms with Crippen LogP contribution in [0.2, 0.25) is 0 Å². The number of nitrogens with one attached hydrogen (secondary N) is 1. The Balaban J connectivity index is 1.60. The van der Waals surface area contributed by atoms with Crippen molar-refractivity contribution in [2.75, 3.05) is 31.5 Å². The van der Waals surface area contributed by atoms with Gasteiger partial charge in [0.05, 0.1) is 28.4 Å². The van der Waals surface area contributed by atoms with Crippen molar-refractivity contribution < 1.29 is 4.42 Å². The number of hydrogen-bond acceptors (Lipinski definition) is 5. The number of hydrogen-bond donors (Lipinski definition) is 2. The molecule has 3 N–H and O–H groups in total. The lowest BCUT2D eigenvalue weighted by Gasteiger charge is -2.13. The van der Waals surface area contributed by atoms with Crippen molar-refractivity contribution in [2.24, 2.45) is 10.7 Å². The molecule has 2 aromatic heterocycles. The van der Waals surface area contributed by atoms with Gasteiger partial charge in [-0.25, -0.2) is 9.97 Å². The highest BCUT2D eigenvalue weighted by molar-refractivity contribution is 9.10. The summed E-state index contributed by atoms with van der Waals surface area (Å²) in [4.78, 5) is 15.8. The lowest BCUT2D eigenvalue weighted by molar-refractivity contribution is 0.336. The first-order valence-electron chi connectivity index (χ1n) is 8.49. The minimum absolute atomic E-state index is 0.335. The highest BCUT2D eigenvalue weighted by Crippen LogP contribution is 2.29. The number of rotatable bonds is 6. The van der Waals surface area contributed by atoms with Gasteiger partial charge in [-0.15, -0.1) is 0 Å². The molecule has 0 spiro atoms. The number of guanidine groups is 1. The zero-order valence-electron chi connectivity index (χ0n) is 14.3. The van der Waals surface area contributed by atoms with E-state index in [2.05, 4.69) is 41.1 Å². The molecule has 3 heterocycles. The second-order valence-corrected chi connectivity index (χ2v) is 6.89. The van der Waals surface area contributed by atoms with Crippen LogP contribution in [0.5, 0.6) is 0 Å². The summed E-state index contributed by atoms with van der Waals surface area (Å²) in [5.41, 5.74) is 8.42. The van der Waals surface area contributed by atoms with Crippen molar-refractivity contribution in [1.82, 2.24) is 14.9 Å². The number of furan rings is 1. The van der Waals surface area contributed by atoms with Crippen LogP contribution in [0.15, 0.2) is 32.5 Å². The topological polar surface area (TPSA) is 92.6 Å². The zero-order valence-corrected chi connectivity index (χ0v) is 15.9. The van der Waals surface area contributed by atoms with Gasteiger partial charge < -0.3 is 15.1 Å². The van der Waals surface area contributed by atoms with E-state index in [9.17, 15) is 0 Å². The van der Waals surface area contributed by atoms with Gasteiger partial charge in [0.25, 0.3) is 0 Å². The number of nitrogens with zero attached hydrogens (tertiary/aromatic N) is 4. The molecule has 1 aliphatic heterocycles. The number of nitrogens with two attached hydrogens (primary N) is 1. The first-order chi connectivity index (χ1) is 12.1. The number of likely N-dealkylation sites (tertiary alicyclic amines) is 1. The lowest BCUT2D eigenvalue weighted by atomic mass is 10.2. The van der Waals surface area contributed by atoms with Gasteiger partial charge in [-0.2, -0.15) is 0 Å². The molecule has 25 heavy (non-hydrogen) atoms. The highest BCUT2D eigenvalue weighted by Gasteiger charge is 2.13. The van der Waals surface area contributed by atoms with Crippen LogP contribution in [0.4, 0.5) is 5.95 Å². The summed E-state index contributed by atoms with van der Waals surface area (Å²) in [6.45, 7) is 6.10. The molecule has 0 atom stereocenters. The normalized spacial score (nSPS) is 15.7. The summed E-state index contributed by atoms with van der Waals surface area (Å²) >= 11 is 3.52. The summed E-state index contributed by atoms with van der Waals surface area (Å²) in [6, 6.07) is 1.85. The molecule has 2 aromatic rings. The van der Waals surface area contributed by atoms with Gasteiger partial charge in [-0.3, -0.25) is 10.3 Å². The van der Waals surface area contributed by atoms with Crippen LogP contribution in [0.25, 0.3) is 11.3 Å². The molecule has 0 aromatic carbocycles. The molecular formula is C17H23BrN6O. The van der Waals surface area contributed by atoms with E-state index in [1.165, 1.54) is 25.9 Å². The van der Waals surface area contributed by atoms with Crippen molar-refractivity contribution in [2.45, 2.75) is 26.2 Å². The van der Waals surface area contributed by atoms with Crippen LogP contribution in [-0.4, -0.2) is 47.0 Å². The van der Waals surface area contributed by atoms with Crippen molar-refractivity contribution in [3.63, 3.8) is 0 Å². The minimum atomic E-state index is 0.335. The highest BCUT2D eigenvalue weighted by atomic mass is 79.9. The molecule has 1 fully saturated rings. The van der Waals surface area contributed by atoms with Crippen LogP contribution in [0.1, 0.15) is 25.0 Å². The number of halogens is 1. The Hall–Kier alpha value is -1.93. The Kier molecular flexibility index (Phi) is 6.04. The Morgan fingerprint density at radius 3 is 2.92 bits per heavy atom. The van der Waals surface area contributed by atoms with E-state index in [0.29, 0.717) is 18.5 Å². The lowest BCUT2D eigenvalue weighted by Crippen LogP contribution is -2.25. The van der Waals surface area contributed by atoms with Gasteiger partial charge in [0.2, 0.25) is 5.95 Å². The molecule has 0 amide bonds. The molecule has 0 saturated carbocycles. The Morgan fingerprint density at radius 2 is 2.20 bits per heavy atom. The van der Waals surface area contributed by atoms with Crippen molar-refractivity contribution in [3.8, 4) is 11.3 Å². The number of anilines is 1. The molecule has 3 rings (SSSR count). The molecule has 7 nitrogen and oxygen atoms in total. The molecule has 1 aliphatic rings. The van der Waals surface area contributed by atoms with Crippen molar-refractivity contribution >= 4 is 27.8 Å². The number of aliphatic imine (C=N–C) groups is 1. The van der Waals surface area contributed by atoms with Crippen LogP contribution in [0, 0.1) is 6.92 Å². The van der Waals surface area contributed by atoms with E-state index < -0.39 is 0 Å². The standard InChI is InChI=1S/C17H23BrN6O/c1-12-14(18)15(13-5-10-25-11-13)22-17(21-12)23-16(19)20-6-4-9-24-7-2-3-8-24/h5,10-11H,2-4,6-9H2,1H3,(H3,19,20,21,22,23). The summed E-state index contributed by atoms with van der Waals surface area (Å²) < 4.78 is 5.97. The maximum Gasteiger partial charge on any atom is 0.230 e. The summed E-state index contributed by atoms with van der Waals surface area (Å²) in [7, 11) is 0. The minimum Gasteiger partial charge on any atom is -0.472 e. The first-order valence-corrected chi connectivity index (χ1v) is 9.29. The maximum absolute atomic E-state index is 5.97. The van der Waals surface area contributed by atoms with Gasteiger partial charge in [0.15, 0.2) is 5.96 Å².